The molecule has 0 aliphatic rings. The normalized spacial score (nSPS) is 10.7. The molecule has 0 amide bonds. The molecule has 0 aliphatic carbocycles. The van der Waals surface area contributed by atoms with Crippen LogP contribution in [0.5, 0.6) is 0 Å². The fourth-order valence-electron chi connectivity index (χ4n) is 2.41. The molecule has 0 radical (unpaired) electrons. The van der Waals surface area contributed by atoms with E-state index in [2.05, 4.69) is 0 Å². The number of halogens is 1. The number of Topliss-reactive ketones (excluding diaryl/α,β-unsaturated/α-hetero) is 1. The number of carbonyl (C=O) groups excluding carboxylic acids is 1. The summed E-state index contributed by atoms with van der Waals surface area (Å²) in [6.07, 6.45) is 1.47. The Hall–Kier alpha value is -1.54. The van der Waals surface area contributed by atoms with Crippen LogP contribution < -0.4 is 0 Å². The van der Waals surface area contributed by atoms with Crippen molar-refractivity contribution in [1.82, 2.24) is 4.57 Å². The van der Waals surface area contributed by atoms with Crippen molar-refractivity contribution in [2.24, 2.45) is 7.05 Å². The Morgan fingerprint density at radius 2 is 1.89 bits per heavy atom. The molecule has 3 heteroatoms. The summed E-state index contributed by atoms with van der Waals surface area (Å²) in [5.74, 6) is 0.202. The molecule has 0 unspecified atom stereocenters. The molecule has 19 heavy (non-hydrogen) atoms. The smallest absolute Gasteiger partial charge is 0.179 e. The van der Waals surface area contributed by atoms with E-state index >= 15 is 0 Å². The largest absolute Gasteiger partial charge is 0.341 e. The van der Waals surface area contributed by atoms with Gasteiger partial charge in [0.2, 0.25) is 0 Å². The Kier molecular flexibility index (Phi) is 4.11. The van der Waals surface area contributed by atoms with Gasteiger partial charge in [0.05, 0.1) is 11.4 Å². The third-order valence-corrected chi connectivity index (χ3v) is 3.56. The molecule has 1 heterocycles. The van der Waals surface area contributed by atoms with Crippen LogP contribution in [0.4, 0.5) is 0 Å². The van der Waals surface area contributed by atoms with E-state index in [0.29, 0.717) is 6.42 Å². The maximum atomic E-state index is 12.1. The van der Waals surface area contributed by atoms with Gasteiger partial charge < -0.3 is 4.57 Å². The second-order valence-electron chi connectivity index (χ2n) is 4.80. The van der Waals surface area contributed by atoms with Crippen LogP contribution in [0.3, 0.4) is 0 Å². The number of ketones is 1. The van der Waals surface area contributed by atoms with E-state index in [-0.39, 0.29) is 5.78 Å². The van der Waals surface area contributed by atoms with Gasteiger partial charge in [0.15, 0.2) is 5.78 Å². The lowest BCUT2D eigenvalue weighted by Gasteiger charge is -2.08. The fourth-order valence-corrected chi connectivity index (χ4v) is 2.53. The van der Waals surface area contributed by atoms with Crippen molar-refractivity contribution in [3.8, 4) is 11.3 Å². The predicted octanol–water partition coefficient (Wildman–Crippen LogP) is 4.64. The second-order valence-corrected chi connectivity index (χ2v) is 5.24. The molecule has 0 N–H and O–H groups in total. The van der Waals surface area contributed by atoms with E-state index < -0.39 is 0 Å². The zero-order valence-corrected chi connectivity index (χ0v) is 12.3. The number of hydrogen-bond donors (Lipinski definition) is 0. The quantitative estimate of drug-likeness (QED) is 0.745. The van der Waals surface area contributed by atoms with Crippen LogP contribution in [-0.2, 0) is 7.05 Å². The highest BCUT2D eigenvalue weighted by atomic mass is 35.5. The Labute approximate surface area is 119 Å². The zero-order chi connectivity index (χ0) is 14.0. The van der Waals surface area contributed by atoms with Crippen molar-refractivity contribution in [3.05, 3.63) is 46.6 Å². The Morgan fingerprint density at radius 1 is 1.26 bits per heavy atom. The maximum Gasteiger partial charge on any atom is 0.179 e. The van der Waals surface area contributed by atoms with Gasteiger partial charge in [0, 0.05) is 18.5 Å². The lowest BCUT2D eigenvalue weighted by molar-refractivity contribution is 0.0974. The summed E-state index contributed by atoms with van der Waals surface area (Å²) in [7, 11) is 1.94. The van der Waals surface area contributed by atoms with E-state index in [0.717, 1.165) is 34.0 Å². The number of rotatable bonds is 4. The van der Waals surface area contributed by atoms with Gasteiger partial charge in [-0.05, 0) is 42.7 Å². The van der Waals surface area contributed by atoms with Crippen molar-refractivity contribution in [2.75, 3.05) is 0 Å². The van der Waals surface area contributed by atoms with Crippen LogP contribution in [0.1, 0.15) is 35.8 Å². The van der Waals surface area contributed by atoms with Crippen molar-refractivity contribution in [1.29, 1.82) is 0 Å². The Balaban J connectivity index is 2.47. The lowest BCUT2D eigenvalue weighted by atomic mass is 10.1. The molecule has 2 nitrogen and oxygen atoms in total. The number of hydrogen-bond acceptors (Lipinski definition) is 1. The molecular weight excluding hydrogens is 258 g/mol. The molecular formula is C16H18ClNO. The average Bonchev–Trinajstić information content (AvgIpc) is 2.67. The van der Waals surface area contributed by atoms with Crippen molar-refractivity contribution >= 4 is 17.4 Å². The first-order valence-corrected chi connectivity index (χ1v) is 6.87. The molecule has 100 valence electrons. The standard InChI is InChI=1S/C16H18ClNO/c1-4-5-15(19)14-10-11(2)16(18(14)3)12-6-8-13(17)9-7-12/h6-10H,4-5H2,1-3H3. The third-order valence-electron chi connectivity index (χ3n) is 3.30. The number of benzene rings is 1. The highest BCUT2D eigenvalue weighted by Gasteiger charge is 2.16. The van der Waals surface area contributed by atoms with E-state index in [4.69, 9.17) is 11.6 Å². The summed E-state index contributed by atoms with van der Waals surface area (Å²) >= 11 is 5.91. The summed E-state index contributed by atoms with van der Waals surface area (Å²) in [5.41, 5.74) is 4.06. The summed E-state index contributed by atoms with van der Waals surface area (Å²) in [6, 6.07) is 9.69. The monoisotopic (exact) mass is 275 g/mol. The Bertz CT molecular complexity index is 596. The molecule has 2 rings (SSSR count). The average molecular weight is 276 g/mol. The van der Waals surface area contributed by atoms with Crippen LogP contribution in [0.15, 0.2) is 30.3 Å². The van der Waals surface area contributed by atoms with E-state index in [1.165, 1.54) is 0 Å². The van der Waals surface area contributed by atoms with Gasteiger partial charge in [0.25, 0.3) is 0 Å². The summed E-state index contributed by atoms with van der Waals surface area (Å²) in [4.78, 5) is 12.1. The number of aromatic nitrogens is 1. The fraction of sp³-hybridized carbons (Fsp3) is 0.312. The summed E-state index contributed by atoms with van der Waals surface area (Å²) in [5, 5.41) is 0.720. The first-order chi connectivity index (χ1) is 9.04. The lowest BCUT2D eigenvalue weighted by Crippen LogP contribution is -2.06. The van der Waals surface area contributed by atoms with Gasteiger partial charge in [-0.2, -0.15) is 0 Å². The third kappa shape index (κ3) is 2.74. The van der Waals surface area contributed by atoms with E-state index in [1.807, 2.05) is 55.8 Å². The minimum Gasteiger partial charge on any atom is -0.341 e. The molecule has 2 aromatic rings. The zero-order valence-electron chi connectivity index (χ0n) is 11.5. The van der Waals surface area contributed by atoms with Crippen LogP contribution in [0.2, 0.25) is 5.02 Å². The number of carbonyl (C=O) groups is 1. The molecule has 0 saturated carbocycles. The summed E-state index contributed by atoms with van der Waals surface area (Å²) < 4.78 is 1.98. The molecule has 0 saturated heterocycles. The second kappa shape index (κ2) is 5.62. The number of aryl methyl sites for hydroxylation is 1. The number of nitrogens with zero attached hydrogens (tertiary/aromatic N) is 1. The van der Waals surface area contributed by atoms with E-state index in [1.54, 1.807) is 0 Å². The Morgan fingerprint density at radius 3 is 2.47 bits per heavy atom. The molecule has 0 bridgehead atoms. The van der Waals surface area contributed by atoms with Gasteiger partial charge in [0.1, 0.15) is 0 Å². The topological polar surface area (TPSA) is 22.0 Å². The highest BCUT2D eigenvalue weighted by Crippen LogP contribution is 2.28. The molecule has 0 aliphatic heterocycles. The highest BCUT2D eigenvalue weighted by molar-refractivity contribution is 6.30. The molecule has 0 atom stereocenters. The van der Waals surface area contributed by atoms with Crippen molar-refractivity contribution in [2.45, 2.75) is 26.7 Å². The minimum atomic E-state index is 0.202. The van der Waals surface area contributed by atoms with Gasteiger partial charge in [-0.1, -0.05) is 30.7 Å². The molecule has 1 aromatic carbocycles. The van der Waals surface area contributed by atoms with Crippen LogP contribution in [-0.4, -0.2) is 10.4 Å². The minimum absolute atomic E-state index is 0.202. The van der Waals surface area contributed by atoms with Gasteiger partial charge in [-0.25, -0.2) is 0 Å². The van der Waals surface area contributed by atoms with Gasteiger partial charge >= 0.3 is 0 Å². The SMILES string of the molecule is CCCC(=O)c1cc(C)c(-c2ccc(Cl)cc2)n1C. The molecule has 0 spiro atoms. The van der Waals surface area contributed by atoms with E-state index in [9.17, 15) is 4.79 Å². The first kappa shape index (κ1) is 13.9. The predicted molar refractivity (Wildman–Crippen MR) is 79.8 cm³/mol. The van der Waals surface area contributed by atoms with Crippen LogP contribution in [0.25, 0.3) is 11.3 Å². The summed E-state index contributed by atoms with van der Waals surface area (Å²) in [6.45, 7) is 4.06. The van der Waals surface area contributed by atoms with Crippen molar-refractivity contribution < 1.29 is 4.79 Å². The van der Waals surface area contributed by atoms with Crippen LogP contribution in [0, 0.1) is 6.92 Å². The molecule has 0 fully saturated rings. The molecule has 1 aromatic heterocycles. The van der Waals surface area contributed by atoms with Crippen molar-refractivity contribution in [3.63, 3.8) is 0 Å². The van der Waals surface area contributed by atoms with Crippen LogP contribution >= 0.6 is 11.6 Å². The van der Waals surface area contributed by atoms with Gasteiger partial charge in [-0.15, -0.1) is 0 Å². The first-order valence-electron chi connectivity index (χ1n) is 6.50. The maximum absolute atomic E-state index is 12.1. The van der Waals surface area contributed by atoms with Gasteiger partial charge in [-0.3, -0.25) is 4.79 Å².